The number of nitrogens with zero attached hydrogens (tertiary/aromatic N) is 2. The van der Waals surface area contributed by atoms with Crippen LogP contribution < -0.4 is 5.32 Å². The number of carbonyl (C=O) groups excluding carboxylic acids is 1. The third-order valence-electron chi connectivity index (χ3n) is 3.59. The lowest BCUT2D eigenvalue weighted by Crippen LogP contribution is -2.42. The molecule has 0 bridgehead atoms. The third kappa shape index (κ3) is 5.16. The van der Waals surface area contributed by atoms with Gasteiger partial charge in [-0.25, -0.2) is 9.78 Å². The molecular weight excluding hydrogens is 285 g/mol. The predicted molar refractivity (Wildman–Crippen MR) is 83.2 cm³/mol. The smallest absolute Gasteiger partial charge is 0.410 e. The molecule has 2 heterocycles. The minimum atomic E-state index is -0.476. The number of piperidine rings is 1. The molecule has 1 fully saturated rings. The van der Waals surface area contributed by atoms with Crippen LogP contribution in [-0.2, 0) is 4.74 Å². The molecule has 1 aromatic heterocycles. The van der Waals surface area contributed by atoms with Gasteiger partial charge in [0.25, 0.3) is 0 Å². The second-order valence-electron chi connectivity index (χ2n) is 6.66. The fraction of sp³-hybridized carbons (Fsp3) is 0.625. The summed E-state index contributed by atoms with van der Waals surface area (Å²) in [6.07, 6.45) is 3.12. The molecule has 2 rings (SSSR count). The minimum absolute atomic E-state index is 0.235. The molecule has 5 nitrogen and oxygen atoms in total. The molecule has 22 heavy (non-hydrogen) atoms. The molecule has 1 aromatic rings. The number of pyridine rings is 1. The lowest BCUT2D eigenvalue weighted by atomic mass is 9.97. The maximum Gasteiger partial charge on any atom is 0.410 e. The van der Waals surface area contributed by atoms with Gasteiger partial charge in [0.15, 0.2) is 0 Å². The number of anilines is 1. The molecule has 0 radical (unpaired) electrons. The molecule has 122 valence electrons. The van der Waals surface area contributed by atoms with Crippen LogP contribution in [0.15, 0.2) is 18.3 Å². The molecule has 0 unspecified atom stereocenters. The van der Waals surface area contributed by atoms with E-state index < -0.39 is 11.5 Å². The highest BCUT2D eigenvalue weighted by Crippen LogP contribution is 2.20. The Labute approximate surface area is 130 Å². The molecular formula is C16H24FN3O2. The van der Waals surface area contributed by atoms with Gasteiger partial charge in [-0.2, -0.15) is 4.39 Å². The van der Waals surface area contributed by atoms with E-state index in [1.807, 2.05) is 20.8 Å². The normalized spacial score (nSPS) is 16.5. The van der Waals surface area contributed by atoms with Gasteiger partial charge in [0, 0.05) is 19.6 Å². The summed E-state index contributed by atoms with van der Waals surface area (Å²) in [4.78, 5) is 17.4. The first kappa shape index (κ1) is 16.5. The number of amides is 1. The van der Waals surface area contributed by atoms with Crippen molar-refractivity contribution in [2.45, 2.75) is 39.2 Å². The van der Waals surface area contributed by atoms with E-state index in [1.165, 1.54) is 12.3 Å². The van der Waals surface area contributed by atoms with E-state index in [0.29, 0.717) is 19.0 Å². The van der Waals surface area contributed by atoms with Gasteiger partial charge in [0.1, 0.15) is 5.60 Å². The highest BCUT2D eigenvalue weighted by Gasteiger charge is 2.26. The first-order chi connectivity index (χ1) is 10.3. The molecule has 0 aromatic carbocycles. The summed E-state index contributed by atoms with van der Waals surface area (Å²) >= 11 is 0. The Morgan fingerprint density at radius 3 is 2.64 bits per heavy atom. The standard InChI is InChI=1S/C16H24FN3O2/c1-16(2,3)22-15(21)20-8-6-12(7-9-20)10-18-13-4-5-14(17)19-11-13/h4-5,11-12,18H,6-10H2,1-3H3. The highest BCUT2D eigenvalue weighted by molar-refractivity contribution is 5.68. The van der Waals surface area contributed by atoms with Crippen molar-refractivity contribution in [3.05, 3.63) is 24.3 Å². The van der Waals surface area contributed by atoms with Crippen LogP contribution in [0.2, 0.25) is 0 Å². The first-order valence-corrected chi connectivity index (χ1v) is 7.67. The Balaban J connectivity index is 1.73. The summed E-state index contributed by atoms with van der Waals surface area (Å²) < 4.78 is 18.1. The second-order valence-corrected chi connectivity index (χ2v) is 6.66. The maximum atomic E-state index is 12.7. The summed E-state index contributed by atoms with van der Waals surface area (Å²) in [6.45, 7) is 7.84. The zero-order valence-corrected chi connectivity index (χ0v) is 13.4. The van der Waals surface area contributed by atoms with Gasteiger partial charge >= 0.3 is 6.09 Å². The van der Waals surface area contributed by atoms with Gasteiger partial charge in [-0.15, -0.1) is 0 Å². The van der Waals surface area contributed by atoms with E-state index >= 15 is 0 Å². The van der Waals surface area contributed by atoms with Crippen molar-refractivity contribution in [3.8, 4) is 0 Å². The van der Waals surface area contributed by atoms with Crippen LogP contribution in [0, 0.1) is 11.9 Å². The number of hydrogen-bond donors (Lipinski definition) is 1. The SMILES string of the molecule is CC(C)(C)OC(=O)N1CCC(CNc2ccc(F)nc2)CC1. The average Bonchev–Trinajstić information content (AvgIpc) is 2.45. The van der Waals surface area contributed by atoms with Crippen LogP contribution in [0.4, 0.5) is 14.9 Å². The predicted octanol–water partition coefficient (Wildman–Crippen LogP) is 3.28. The van der Waals surface area contributed by atoms with Gasteiger partial charge in [-0.1, -0.05) is 0 Å². The van der Waals surface area contributed by atoms with Crippen LogP contribution in [0.25, 0.3) is 0 Å². The van der Waals surface area contributed by atoms with Gasteiger partial charge in [0.2, 0.25) is 5.95 Å². The van der Waals surface area contributed by atoms with E-state index in [4.69, 9.17) is 4.74 Å². The van der Waals surface area contributed by atoms with Crippen molar-refractivity contribution in [2.75, 3.05) is 25.0 Å². The monoisotopic (exact) mass is 309 g/mol. The third-order valence-corrected chi connectivity index (χ3v) is 3.59. The van der Waals surface area contributed by atoms with Crippen LogP contribution in [0.1, 0.15) is 33.6 Å². The molecule has 1 amide bonds. The van der Waals surface area contributed by atoms with Crippen LogP contribution in [0.5, 0.6) is 0 Å². The Kier molecular flexibility index (Phi) is 5.21. The Bertz CT molecular complexity index is 491. The lowest BCUT2D eigenvalue weighted by Gasteiger charge is -2.33. The molecule has 0 aliphatic carbocycles. The van der Waals surface area contributed by atoms with E-state index in [9.17, 15) is 9.18 Å². The molecule has 0 saturated carbocycles. The summed E-state index contributed by atoms with van der Waals surface area (Å²) in [7, 11) is 0. The molecule has 0 atom stereocenters. The first-order valence-electron chi connectivity index (χ1n) is 7.67. The summed E-state index contributed by atoms with van der Waals surface area (Å²) in [5, 5.41) is 3.26. The number of likely N-dealkylation sites (tertiary alicyclic amines) is 1. The number of nitrogens with one attached hydrogen (secondary N) is 1. The number of rotatable bonds is 3. The molecule has 1 aliphatic rings. The van der Waals surface area contributed by atoms with Crippen molar-refractivity contribution in [1.29, 1.82) is 0 Å². The molecule has 1 aliphatic heterocycles. The van der Waals surface area contributed by atoms with Crippen LogP contribution in [-0.4, -0.2) is 41.2 Å². The summed E-state index contributed by atoms with van der Waals surface area (Å²) in [5.41, 5.74) is 0.362. The van der Waals surface area contributed by atoms with Crippen molar-refractivity contribution in [1.82, 2.24) is 9.88 Å². The largest absolute Gasteiger partial charge is 0.444 e. The van der Waals surface area contributed by atoms with Gasteiger partial charge < -0.3 is 15.0 Å². The van der Waals surface area contributed by atoms with E-state index in [2.05, 4.69) is 10.3 Å². The minimum Gasteiger partial charge on any atom is -0.444 e. The molecule has 0 spiro atoms. The van der Waals surface area contributed by atoms with Crippen LogP contribution >= 0.6 is 0 Å². The second kappa shape index (κ2) is 6.94. The number of carbonyl (C=O) groups is 1. The quantitative estimate of drug-likeness (QED) is 0.871. The van der Waals surface area contributed by atoms with Crippen molar-refractivity contribution in [3.63, 3.8) is 0 Å². The van der Waals surface area contributed by atoms with E-state index in [1.54, 1.807) is 11.0 Å². The van der Waals surface area contributed by atoms with Gasteiger partial charge in [-0.05, 0) is 51.7 Å². The zero-order chi connectivity index (χ0) is 16.2. The molecule has 6 heteroatoms. The molecule has 1 saturated heterocycles. The van der Waals surface area contributed by atoms with Crippen molar-refractivity contribution in [2.24, 2.45) is 5.92 Å². The number of hydrogen-bond acceptors (Lipinski definition) is 4. The van der Waals surface area contributed by atoms with Crippen molar-refractivity contribution < 1.29 is 13.9 Å². The fourth-order valence-electron chi connectivity index (χ4n) is 2.39. The maximum absolute atomic E-state index is 12.7. The zero-order valence-electron chi connectivity index (χ0n) is 13.4. The highest BCUT2D eigenvalue weighted by atomic mass is 19.1. The van der Waals surface area contributed by atoms with E-state index in [-0.39, 0.29) is 6.09 Å². The Morgan fingerprint density at radius 2 is 2.09 bits per heavy atom. The number of halogens is 1. The summed E-state index contributed by atoms with van der Waals surface area (Å²) in [6, 6.07) is 3.02. The average molecular weight is 309 g/mol. The lowest BCUT2D eigenvalue weighted by molar-refractivity contribution is 0.0188. The summed E-state index contributed by atoms with van der Waals surface area (Å²) in [5.74, 6) is 0.0139. The number of ether oxygens (including phenoxy) is 1. The van der Waals surface area contributed by atoms with Gasteiger partial charge in [-0.3, -0.25) is 0 Å². The number of aromatic nitrogens is 1. The van der Waals surface area contributed by atoms with E-state index in [0.717, 1.165) is 25.1 Å². The van der Waals surface area contributed by atoms with Gasteiger partial charge in [0.05, 0.1) is 11.9 Å². The fourth-order valence-corrected chi connectivity index (χ4v) is 2.39. The molecule has 1 N–H and O–H groups in total. The topological polar surface area (TPSA) is 54.5 Å². The Morgan fingerprint density at radius 1 is 1.41 bits per heavy atom. The van der Waals surface area contributed by atoms with Crippen molar-refractivity contribution >= 4 is 11.8 Å². The van der Waals surface area contributed by atoms with Crippen LogP contribution in [0.3, 0.4) is 0 Å². The Hall–Kier alpha value is -1.85.